The van der Waals surface area contributed by atoms with Gasteiger partial charge >= 0.3 is 5.97 Å². The molecule has 2 heterocycles. The normalized spacial score (nSPS) is 21.2. The number of hydrogen-bond acceptors (Lipinski definition) is 5. The van der Waals surface area contributed by atoms with E-state index in [2.05, 4.69) is 15.5 Å². The summed E-state index contributed by atoms with van der Waals surface area (Å²) in [5.41, 5.74) is 0.876. The number of aryl methyl sites for hydroxylation is 1. The lowest BCUT2D eigenvalue weighted by molar-refractivity contribution is -0.138. The molecule has 8 heteroatoms. The van der Waals surface area contributed by atoms with Gasteiger partial charge in [0.25, 0.3) is 0 Å². The topological polar surface area (TPSA) is 96.0 Å². The number of carbonyl (C=O) groups is 2. The molecular formula is C11H12N4O3S. The number of thioether (sulfide) groups is 1. The van der Waals surface area contributed by atoms with Crippen LogP contribution in [0.1, 0.15) is 12.1 Å². The van der Waals surface area contributed by atoms with Crippen molar-refractivity contribution in [3.05, 3.63) is 24.0 Å². The van der Waals surface area contributed by atoms with E-state index in [-0.39, 0.29) is 12.3 Å². The number of nitrogens with zero attached hydrogens (tertiary/aromatic N) is 3. The highest BCUT2D eigenvalue weighted by molar-refractivity contribution is 8.15. The Hall–Kier alpha value is -2.09. The molecule has 2 N–H and O–H groups in total. The predicted octanol–water partition coefficient (Wildman–Crippen LogP) is 0.421. The van der Waals surface area contributed by atoms with E-state index in [0.29, 0.717) is 5.17 Å². The molecule has 1 aromatic rings. The maximum atomic E-state index is 11.4. The summed E-state index contributed by atoms with van der Waals surface area (Å²) in [6.07, 6.45) is 3.21. The van der Waals surface area contributed by atoms with Crippen molar-refractivity contribution >= 4 is 35.0 Å². The molecule has 1 aliphatic rings. The predicted molar refractivity (Wildman–Crippen MR) is 72.2 cm³/mol. The number of rotatable bonds is 4. The molecule has 1 unspecified atom stereocenters. The molecule has 2 rings (SSSR count). The molecule has 0 radical (unpaired) electrons. The third-order valence-corrected chi connectivity index (χ3v) is 3.53. The molecule has 19 heavy (non-hydrogen) atoms. The van der Waals surface area contributed by atoms with E-state index in [0.717, 1.165) is 17.5 Å². The van der Waals surface area contributed by atoms with Crippen LogP contribution in [0.2, 0.25) is 0 Å². The molecule has 0 aromatic carbocycles. The van der Waals surface area contributed by atoms with Crippen LogP contribution in [-0.2, 0) is 16.6 Å². The van der Waals surface area contributed by atoms with Gasteiger partial charge in [0.05, 0.1) is 18.3 Å². The Kier molecular flexibility index (Phi) is 4.00. The van der Waals surface area contributed by atoms with Gasteiger partial charge in [-0.25, -0.2) is 0 Å². The average Bonchev–Trinajstić information content (AvgIpc) is 2.87. The van der Waals surface area contributed by atoms with Crippen LogP contribution >= 0.6 is 11.8 Å². The van der Waals surface area contributed by atoms with Crippen LogP contribution in [0.5, 0.6) is 0 Å². The molecule has 1 atom stereocenters. The van der Waals surface area contributed by atoms with Gasteiger partial charge in [-0.15, -0.1) is 5.10 Å². The monoisotopic (exact) mass is 280 g/mol. The molecule has 1 aliphatic heterocycles. The lowest BCUT2D eigenvalue weighted by atomic mass is 10.3. The number of amides is 1. The molecule has 0 aliphatic carbocycles. The fourth-order valence-corrected chi connectivity index (χ4v) is 2.41. The second kappa shape index (κ2) is 5.70. The van der Waals surface area contributed by atoms with Crippen LogP contribution in [0.15, 0.2) is 28.5 Å². The Balaban J connectivity index is 1.98. The summed E-state index contributed by atoms with van der Waals surface area (Å²) in [6.45, 7) is 0. The number of carboxylic acids is 1. The maximum Gasteiger partial charge on any atom is 0.305 e. The summed E-state index contributed by atoms with van der Waals surface area (Å²) < 4.78 is 1.87. The first-order valence-corrected chi connectivity index (χ1v) is 6.36. The van der Waals surface area contributed by atoms with Crippen molar-refractivity contribution in [2.75, 3.05) is 0 Å². The van der Waals surface area contributed by atoms with E-state index in [1.165, 1.54) is 0 Å². The number of carboxylic acid groups (broad SMARTS) is 1. The van der Waals surface area contributed by atoms with Gasteiger partial charge in [0, 0.05) is 13.2 Å². The summed E-state index contributed by atoms with van der Waals surface area (Å²) >= 11 is 1.08. The SMILES string of the molecule is Cn1cccc1/C=N/N=C1\NC(=O)C(CC(=O)O)S1. The zero-order chi connectivity index (χ0) is 13.8. The number of aliphatic carboxylic acids is 1. The van der Waals surface area contributed by atoms with Crippen LogP contribution in [0.25, 0.3) is 0 Å². The van der Waals surface area contributed by atoms with Crippen LogP contribution in [0, 0.1) is 0 Å². The lowest BCUT2D eigenvalue weighted by Gasteiger charge is -1.97. The van der Waals surface area contributed by atoms with E-state index < -0.39 is 11.2 Å². The Morgan fingerprint density at radius 2 is 2.47 bits per heavy atom. The molecule has 1 fully saturated rings. The van der Waals surface area contributed by atoms with Gasteiger partial charge in [0.15, 0.2) is 5.17 Å². The van der Waals surface area contributed by atoms with Crippen molar-refractivity contribution < 1.29 is 14.7 Å². The van der Waals surface area contributed by atoms with Gasteiger partial charge in [-0.2, -0.15) is 5.10 Å². The van der Waals surface area contributed by atoms with Gasteiger partial charge in [-0.3, -0.25) is 9.59 Å². The van der Waals surface area contributed by atoms with E-state index in [9.17, 15) is 9.59 Å². The van der Waals surface area contributed by atoms with Gasteiger partial charge in [0.2, 0.25) is 5.91 Å². The van der Waals surface area contributed by atoms with Crippen LogP contribution < -0.4 is 5.32 Å². The van der Waals surface area contributed by atoms with Crippen molar-refractivity contribution in [1.82, 2.24) is 9.88 Å². The zero-order valence-electron chi connectivity index (χ0n) is 10.1. The Labute approximate surface area is 113 Å². The van der Waals surface area contributed by atoms with Crippen molar-refractivity contribution in [2.24, 2.45) is 17.3 Å². The van der Waals surface area contributed by atoms with Gasteiger partial charge in [0.1, 0.15) is 5.25 Å². The molecule has 0 saturated carbocycles. The second-order valence-electron chi connectivity index (χ2n) is 3.89. The number of nitrogens with one attached hydrogen (secondary N) is 1. The van der Waals surface area contributed by atoms with Crippen LogP contribution in [0.3, 0.4) is 0 Å². The first kappa shape index (κ1) is 13.3. The Morgan fingerprint density at radius 1 is 1.68 bits per heavy atom. The zero-order valence-corrected chi connectivity index (χ0v) is 10.9. The van der Waals surface area contributed by atoms with E-state index in [1.54, 1.807) is 6.21 Å². The minimum absolute atomic E-state index is 0.225. The number of amidine groups is 1. The van der Waals surface area contributed by atoms with Crippen LogP contribution in [0.4, 0.5) is 0 Å². The Morgan fingerprint density at radius 3 is 3.11 bits per heavy atom. The smallest absolute Gasteiger partial charge is 0.305 e. The fourth-order valence-electron chi connectivity index (χ4n) is 1.49. The highest BCUT2D eigenvalue weighted by atomic mass is 32.2. The largest absolute Gasteiger partial charge is 0.481 e. The molecule has 0 spiro atoms. The lowest BCUT2D eigenvalue weighted by Crippen LogP contribution is -2.26. The van der Waals surface area contributed by atoms with Crippen LogP contribution in [-0.4, -0.2) is 38.2 Å². The first-order chi connectivity index (χ1) is 9.06. The fraction of sp³-hybridized carbons (Fsp3) is 0.273. The van der Waals surface area contributed by atoms with Crippen molar-refractivity contribution in [3.63, 3.8) is 0 Å². The maximum absolute atomic E-state index is 11.4. The summed E-state index contributed by atoms with van der Waals surface area (Å²) in [7, 11) is 1.88. The standard InChI is InChI=1S/C11H12N4O3S/c1-15-4-2-3-7(15)6-12-14-11-13-10(18)8(19-11)5-9(16)17/h2-4,6,8H,5H2,1H3,(H,16,17)(H,13,14,18)/b12-6+. The molecular weight excluding hydrogens is 268 g/mol. The van der Waals surface area contributed by atoms with E-state index in [1.807, 2.05) is 29.9 Å². The quantitative estimate of drug-likeness (QED) is 0.617. The van der Waals surface area contributed by atoms with E-state index >= 15 is 0 Å². The third-order valence-electron chi connectivity index (χ3n) is 2.46. The van der Waals surface area contributed by atoms with E-state index in [4.69, 9.17) is 5.11 Å². The summed E-state index contributed by atoms with van der Waals surface area (Å²) in [5, 5.41) is 18.5. The Bertz CT molecular complexity index is 564. The molecule has 0 bridgehead atoms. The minimum atomic E-state index is -1.01. The summed E-state index contributed by atoms with van der Waals surface area (Å²) in [4.78, 5) is 22.0. The summed E-state index contributed by atoms with van der Waals surface area (Å²) in [5.74, 6) is -1.36. The third kappa shape index (κ3) is 3.44. The van der Waals surface area contributed by atoms with Crippen molar-refractivity contribution in [3.8, 4) is 0 Å². The molecule has 1 aromatic heterocycles. The number of hydrogen-bond donors (Lipinski definition) is 2. The highest BCUT2D eigenvalue weighted by Gasteiger charge is 2.32. The number of carbonyl (C=O) groups excluding carboxylic acids is 1. The van der Waals surface area contributed by atoms with Crippen molar-refractivity contribution in [2.45, 2.75) is 11.7 Å². The van der Waals surface area contributed by atoms with Gasteiger partial charge in [-0.1, -0.05) is 11.8 Å². The van der Waals surface area contributed by atoms with Crippen molar-refractivity contribution in [1.29, 1.82) is 0 Å². The summed E-state index contributed by atoms with van der Waals surface area (Å²) in [6, 6.07) is 3.75. The number of aromatic nitrogens is 1. The second-order valence-corrected chi connectivity index (χ2v) is 5.08. The average molecular weight is 280 g/mol. The minimum Gasteiger partial charge on any atom is -0.481 e. The highest BCUT2D eigenvalue weighted by Crippen LogP contribution is 2.22. The molecule has 7 nitrogen and oxygen atoms in total. The van der Waals surface area contributed by atoms with Gasteiger partial charge < -0.3 is 15.0 Å². The van der Waals surface area contributed by atoms with Gasteiger partial charge in [-0.05, 0) is 12.1 Å². The molecule has 1 amide bonds. The molecule has 1 saturated heterocycles. The molecule has 100 valence electrons. The first-order valence-electron chi connectivity index (χ1n) is 5.48.